The highest BCUT2D eigenvalue weighted by Crippen LogP contribution is 2.08. The van der Waals surface area contributed by atoms with Gasteiger partial charge in [-0.2, -0.15) is 0 Å². The summed E-state index contributed by atoms with van der Waals surface area (Å²) in [5.74, 6) is -0.00884. The van der Waals surface area contributed by atoms with E-state index in [9.17, 15) is 4.79 Å². The molecule has 1 aromatic carbocycles. The van der Waals surface area contributed by atoms with Gasteiger partial charge in [-0.3, -0.25) is 0 Å². The minimum Gasteiger partial charge on any atom is -0.442 e. The van der Waals surface area contributed by atoms with Gasteiger partial charge in [-0.25, -0.2) is 4.79 Å². The Balaban J connectivity index is 2.58. The van der Waals surface area contributed by atoms with Crippen LogP contribution in [-0.2, 0) is 4.74 Å². The van der Waals surface area contributed by atoms with Gasteiger partial charge in [0.2, 0.25) is 5.96 Å². The molecule has 0 heterocycles. The van der Waals surface area contributed by atoms with Crippen LogP contribution in [0.25, 0.3) is 0 Å². The van der Waals surface area contributed by atoms with Crippen molar-refractivity contribution < 1.29 is 9.53 Å². The van der Waals surface area contributed by atoms with E-state index in [1.54, 1.807) is 45.0 Å². The van der Waals surface area contributed by atoms with Crippen LogP contribution in [0.3, 0.4) is 0 Å². The van der Waals surface area contributed by atoms with E-state index in [2.05, 4.69) is 16.4 Å². The minimum absolute atomic E-state index is 0.00884. The van der Waals surface area contributed by atoms with Crippen molar-refractivity contribution in [2.75, 3.05) is 5.32 Å². The summed E-state index contributed by atoms with van der Waals surface area (Å²) in [4.78, 5) is 14.9. The van der Waals surface area contributed by atoms with Crippen LogP contribution in [0.15, 0.2) is 29.3 Å². The molecule has 17 heavy (non-hydrogen) atoms. The lowest BCUT2D eigenvalue weighted by Crippen LogP contribution is -2.27. The van der Waals surface area contributed by atoms with E-state index < -0.39 is 11.7 Å². The second-order valence-electron chi connectivity index (χ2n) is 4.39. The van der Waals surface area contributed by atoms with Crippen LogP contribution in [0.2, 0.25) is 0 Å². The second-order valence-corrected chi connectivity index (χ2v) is 4.39. The standard InChI is InChI=1S/C12H16N3O2/c1-12(2,3)17-11(16)15-10(13)14-9-7-5-4-6-8-9/h5-8H,1-3H3,(H3,13,14,15,16). The number of nitrogens with one attached hydrogen (secondary N) is 1. The van der Waals surface area contributed by atoms with Gasteiger partial charge in [0.15, 0.2) is 0 Å². The summed E-state index contributed by atoms with van der Waals surface area (Å²) < 4.78 is 4.99. The molecule has 1 aromatic rings. The molecule has 5 heteroatoms. The molecule has 1 amide bonds. The van der Waals surface area contributed by atoms with E-state index >= 15 is 0 Å². The Hall–Kier alpha value is -2.04. The number of guanidine groups is 1. The van der Waals surface area contributed by atoms with Gasteiger partial charge >= 0.3 is 6.09 Å². The molecule has 91 valence electrons. The van der Waals surface area contributed by atoms with Gasteiger partial charge in [-0.15, -0.1) is 4.99 Å². The number of rotatable bonds is 1. The summed E-state index contributed by atoms with van der Waals surface area (Å²) in [6.45, 7) is 5.28. The predicted octanol–water partition coefficient (Wildman–Crippen LogP) is 2.15. The van der Waals surface area contributed by atoms with E-state index in [0.717, 1.165) is 5.69 Å². The minimum atomic E-state index is -0.718. The summed E-state index contributed by atoms with van der Waals surface area (Å²) in [6.07, 6.45) is -0.718. The predicted molar refractivity (Wildman–Crippen MR) is 66.8 cm³/mol. The topological polar surface area (TPSA) is 76.7 Å². The second kappa shape index (κ2) is 5.34. The maximum absolute atomic E-state index is 11.3. The molecule has 0 aliphatic carbocycles. The number of nitrogens with zero attached hydrogens (tertiary/aromatic N) is 1. The number of ether oxygens (including phenoxy) is 1. The lowest BCUT2D eigenvalue weighted by molar-refractivity contribution is 0.0604. The number of nitrogens with two attached hydrogens (primary N) is 1. The van der Waals surface area contributed by atoms with Gasteiger partial charge in [0.1, 0.15) is 5.60 Å². The third-order valence-corrected chi connectivity index (χ3v) is 1.60. The zero-order valence-corrected chi connectivity index (χ0v) is 10.2. The number of benzene rings is 1. The van der Waals surface area contributed by atoms with Crippen molar-refractivity contribution in [3.8, 4) is 0 Å². The van der Waals surface area contributed by atoms with Crippen LogP contribution in [0, 0.1) is 6.07 Å². The number of hydrogen-bond donors (Lipinski definition) is 2. The number of carbonyl (C=O) groups is 1. The highest BCUT2D eigenvalue weighted by Gasteiger charge is 2.15. The first kappa shape index (κ1) is 13.0. The van der Waals surface area contributed by atoms with E-state index in [0.29, 0.717) is 0 Å². The Labute approximate surface area is 101 Å². The molecule has 0 aliphatic heterocycles. The molecule has 5 nitrogen and oxygen atoms in total. The fourth-order valence-corrected chi connectivity index (χ4v) is 1.03. The quantitative estimate of drug-likeness (QED) is 0.576. The Morgan fingerprint density at radius 3 is 2.53 bits per heavy atom. The van der Waals surface area contributed by atoms with Crippen molar-refractivity contribution in [2.24, 2.45) is 10.7 Å². The zero-order chi connectivity index (χ0) is 12.9. The first-order valence-electron chi connectivity index (χ1n) is 5.17. The molecule has 0 saturated heterocycles. The van der Waals surface area contributed by atoms with Gasteiger partial charge in [0, 0.05) is 5.69 Å². The van der Waals surface area contributed by atoms with Gasteiger partial charge in [-0.1, -0.05) is 12.1 Å². The van der Waals surface area contributed by atoms with Crippen LogP contribution < -0.4 is 11.1 Å². The molecule has 3 N–H and O–H groups in total. The average Bonchev–Trinajstić information content (AvgIpc) is 2.15. The third-order valence-electron chi connectivity index (χ3n) is 1.60. The molecule has 1 rings (SSSR count). The van der Waals surface area contributed by atoms with Crippen LogP contribution in [0.4, 0.5) is 10.5 Å². The molecule has 0 aromatic heterocycles. The monoisotopic (exact) mass is 234 g/mol. The Morgan fingerprint density at radius 1 is 1.41 bits per heavy atom. The van der Waals surface area contributed by atoms with E-state index in [1.807, 2.05) is 0 Å². The van der Waals surface area contributed by atoms with Gasteiger partial charge < -0.3 is 15.8 Å². The number of carbonyl (C=O) groups excluding carboxylic acids is 1. The Kier molecular flexibility index (Phi) is 4.09. The lowest BCUT2D eigenvalue weighted by atomic mass is 10.2. The zero-order valence-electron chi connectivity index (χ0n) is 10.2. The molecular formula is C12H16N3O2. The largest absolute Gasteiger partial charge is 0.442 e. The van der Waals surface area contributed by atoms with Crippen molar-refractivity contribution in [1.29, 1.82) is 0 Å². The van der Waals surface area contributed by atoms with Gasteiger partial charge in [0.25, 0.3) is 0 Å². The summed E-state index contributed by atoms with van der Waals surface area (Å²) >= 11 is 0. The van der Waals surface area contributed by atoms with Crippen LogP contribution in [0.5, 0.6) is 0 Å². The highest BCUT2D eigenvalue weighted by atomic mass is 16.6. The van der Waals surface area contributed by atoms with E-state index in [1.165, 1.54) is 0 Å². The lowest BCUT2D eigenvalue weighted by Gasteiger charge is -2.17. The molecule has 0 bridgehead atoms. The maximum Gasteiger partial charge on any atom is 0.437 e. The van der Waals surface area contributed by atoms with Crippen molar-refractivity contribution in [3.63, 3.8) is 0 Å². The number of amides is 1. The summed E-state index contributed by atoms with van der Waals surface area (Å²) in [5.41, 5.74) is 5.70. The molecule has 0 spiro atoms. The molecule has 1 radical (unpaired) electrons. The number of hydrogen-bond acceptors (Lipinski definition) is 2. The van der Waals surface area contributed by atoms with Crippen LogP contribution in [0.1, 0.15) is 20.8 Å². The molecule has 0 fully saturated rings. The molecule has 0 saturated carbocycles. The number of aliphatic imine (C=N–C) groups is 1. The van der Waals surface area contributed by atoms with Gasteiger partial charge in [0.05, 0.1) is 0 Å². The first-order valence-corrected chi connectivity index (χ1v) is 5.17. The average molecular weight is 234 g/mol. The normalized spacial score (nSPS) is 12.1. The van der Waals surface area contributed by atoms with E-state index in [-0.39, 0.29) is 5.96 Å². The van der Waals surface area contributed by atoms with E-state index in [4.69, 9.17) is 10.5 Å². The van der Waals surface area contributed by atoms with Crippen LogP contribution >= 0.6 is 0 Å². The third kappa shape index (κ3) is 5.55. The smallest absolute Gasteiger partial charge is 0.437 e. The van der Waals surface area contributed by atoms with Crippen LogP contribution in [-0.4, -0.2) is 17.7 Å². The number of anilines is 1. The van der Waals surface area contributed by atoms with Crippen molar-refractivity contribution in [3.05, 3.63) is 30.3 Å². The summed E-state index contributed by atoms with van der Waals surface area (Å²) in [5, 5.41) is 2.77. The molecule has 0 atom stereocenters. The first-order chi connectivity index (χ1) is 7.87. The van der Waals surface area contributed by atoms with Crippen molar-refractivity contribution >= 4 is 17.7 Å². The fourth-order valence-electron chi connectivity index (χ4n) is 1.03. The van der Waals surface area contributed by atoms with Gasteiger partial charge in [-0.05, 0) is 39.0 Å². The van der Waals surface area contributed by atoms with Crippen molar-refractivity contribution in [1.82, 2.24) is 0 Å². The Bertz CT molecular complexity index is 408. The summed E-state index contributed by atoms with van der Waals surface area (Å²) in [6, 6.07) is 9.84. The maximum atomic E-state index is 11.3. The van der Waals surface area contributed by atoms with Crippen molar-refractivity contribution in [2.45, 2.75) is 26.4 Å². The Morgan fingerprint density at radius 2 is 2.00 bits per heavy atom. The fraction of sp³-hybridized carbons (Fsp3) is 0.333. The molecule has 0 aliphatic rings. The highest BCUT2D eigenvalue weighted by molar-refractivity contribution is 5.98. The SMILES string of the molecule is CC(C)(C)OC(=O)N=C(N)Nc1cc[c]cc1. The summed E-state index contributed by atoms with van der Waals surface area (Å²) in [7, 11) is 0. The molecular weight excluding hydrogens is 218 g/mol. The molecule has 0 unspecified atom stereocenters.